The Bertz CT molecular complexity index is 841. The minimum atomic E-state index is -3.49. The van der Waals surface area contributed by atoms with Crippen LogP contribution in [0.25, 0.3) is 6.08 Å². The lowest BCUT2D eigenvalue weighted by atomic mass is 10.2. The maximum atomic E-state index is 12.7. The molecule has 7 nitrogen and oxygen atoms in total. The Morgan fingerprint density at radius 2 is 1.69 bits per heavy atom. The van der Waals surface area contributed by atoms with E-state index in [1.807, 2.05) is 4.90 Å². The SMILES string of the molecule is O=C(/C=C/c1ccc(S(=O)(=O)N2CCOCC2)cc1)N1CCC(N2CCCC2)C1. The third-order valence-corrected chi connectivity index (χ3v) is 7.95. The van der Waals surface area contributed by atoms with E-state index in [4.69, 9.17) is 4.74 Å². The fourth-order valence-electron chi connectivity index (χ4n) is 4.31. The Morgan fingerprint density at radius 3 is 2.38 bits per heavy atom. The molecule has 3 aliphatic rings. The van der Waals surface area contributed by atoms with E-state index in [0.717, 1.165) is 38.2 Å². The van der Waals surface area contributed by atoms with E-state index >= 15 is 0 Å². The number of morpholine rings is 1. The number of likely N-dealkylation sites (tertiary alicyclic amines) is 2. The monoisotopic (exact) mass is 419 g/mol. The van der Waals surface area contributed by atoms with E-state index in [1.54, 1.807) is 36.4 Å². The van der Waals surface area contributed by atoms with Crippen LogP contribution in [0.15, 0.2) is 35.2 Å². The maximum Gasteiger partial charge on any atom is 0.246 e. The second-order valence-electron chi connectivity index (χ2n) is 7.89. The summed E-state index contributed by atoms with van der Waals surface area (Å²) in [7, 11) is -3.49. The van der Waals surface area contributed by atoms with Gasteiger partial charge in [0.05, 0.1) is 18.1 Å². The zero-order valence-corrected chi connectivity index (χ0v) is 17.5. The molecular weight excluding hydrogens is 390 g/mol. The van der Waals surface area contributed by atoms with Gasteiger partial charge in [-0.2, -0.15) is 4.31 Å². The van der Waals surface area contributed by atoms with Crippen molar-refractivity contribution in [3.05, 3.63) is 35.9 Å². The molecule has 3 aliphatic heterocycles. The minimum Gasteiger partial charge on any atom is -0.379 e. The van der Waals surface area contributed by atoms with E-state index in [9.17, 15) is 13.2 Å². The molecular formula is C21H29N3O4S. The Balaban J connectivity index is 1.34. The molecule has 4 rings (SSSR count). The van der Waals surface area contributed by atoms with Gasteiger partial charge in [-0.05, 0) is 56.1 Å². The van der Waals surface area contributed by atoms with Crippen molar-refractivity contribution in [2.24, 2.45) is 0 Å². The molecule has 29 heavy (non-hydrogen) atoms. The van der Waals surface area contributed by atoms with Gasteiger partial charge in [-0.1, -0.05) is 12.1 Å². The molecule has 0 bridgehead atoms. The van der Waals surface area contributed by atoms with Gasteiger partial charge in [0.1, 0.15) is 0 Å². The zero-order chi connectivity index (χ0) is 20.3. The van der Waals surface area contributed by atoms with Crippen molar-refractivity contribution >= 4 is 22.0 Å². The molecule has 1 amide bonds. The Labute approximate surface area is 173 Å². The molecule has 3 heterocycles. The largest absolute Gasteiger partial charge is 0.379 e. The molecule has 0 radical (unpaired) electrons. The lowest BCUT2D eigenvalue weighted by Gasteiger charge is -2.26. The number of carbonyl (C=O) groups is 1. The quantitative estimate of drug-likeness (QED) is 0.675. The van der Waals surface area contributed by atoms with Crippen LogP contribution < -0.4 is 0 Å². The highest BCUT2D eigenvalue weighted by atomic mass is 32.2. The molecule has 1 unspecified atom stereocenters. The molecule has 0 saturated carbocycles. The maximum absolute atomic E-state index is 12.7. The molecule has 158 valence electrons. The Morgan fingerprint density at radius 1 is 1.00 bits per heavy atom. The van der Waals surface area contributed by atoms with E-state index in [0.29, 0.717) is 32.3 Å². The summed E-state index contributed by atoms with van der Waals surface area (Å²) in [6, 6.07) is 7.20. The average Bonchev–Trinajstić information content (AvgIpc) is 3.45. The first-order valence-electron chi connectivity index (χ1n) is 10.4. The summed E-state index contributed by atoms with van der Waals surface area (Å²) in [5.41, 5.74) is 0.814. The van der Waals surface area contributed by atoms with E-state index in [2.05, 4.69) is 4.90 Å². The molecule has 3 saturated heterocycles. The third-order valence-electron chi connectivity index (χ3n) is 6.04. The highest BCUT2D eigenvalue weighted by molar-refractivity contribution is 7.89. The summed E-state index contributed by atoms with van der Waals surface area (Å²) in [5.74, 6) is 0.0247. The number of carbonyl (C=O) groups excluding carboxylic acids is 1. The average molecular weight is 420 g/mol. The summed E-state index contributed by atoms with van der Waals surface area (Å²) in [6.07, 6.45) is 6.94. The summed E-state index contributed by atoms with van der Waals surface area (Å²) >= 11 is 0. The van der Waals surface area contributed by atoms with Crippen molar-refractivity contribution in [1.82, 2.24) is 14.1 Å². The molecule has 0 aromatic heterocycles. The third kappa shape index (κ3) is 4.71. The van der Waals surface area contributed by atoms with Crippen LogP contribution in [0.2, 0.25) is 0 Å². The van der Waals surface area contributed by atoms with Gasteiger partial charge in [0, 0.05) is 38.3 Å². The standard InChI is InChI=1S/C21H29N3O4S/c25-21(23-12-9-19(17-23)22-10-1-2-11-22)8-5-18-3-6-20(7-4-18)29(26,27)24-13-15-28-16-14-24/h3-8,19H,1-2,9-17H2/b8-5+. The van der Waals surface area contributed by atoms with Gasteiger partial charge in [-0.15, -0.1) is 0 Å². The molecule has 1 aromatic carbocycles. The van der Waals surface area contributed by atoms with E-state index in [1.165, 1.54) is 17.1 Å². The summed E-state index contributed by atoms with van der Waals surface area (Å²) in [6.45, 7) is 5.54. The van der Waals surface area contributed by atoms with Gasteiger partial charge < -0.3 is 9.64 Å². The van der Waals surface area contributed by atoms with Crippen molar-refractivity contribution in [1.29, 1.82) is 0 Å². The second kappa shape index (κ2) is 8.95. The van der Waals surface area contributed by atoms with Crippen molar-refractivity contribution in [2.75, 3.05) is 52.5 Å². The van der Waals surface area contributed by atoms with Crippen LogP contribution in [0.1, 0.15) is 24.8 Å². The first-order chi connectivity index (χ1) is 14.0. The number of benzene rings is 1. The normalized spacial score (nSPS) is 24.6. The van der Waals surface area contributed by atoms with E-state index < -0.39 is 10.0 Å². The van der Waals surface area contributed by atoms with Crippen molar-refractivity contribution in [2.45, 2.75) is 30.2 Å². The van der Waals surface area contributed by atoms with Crippen LogP contribution >= 0.6 is 0 Å². The van der Waals surface area contributed by atoms with Gasteiger partial charge >= 0.3 is 0 Å². The van der Waals surface area contributed by atoms with E-state index in [-0.39, 0.29) is 10.8 Å². The van der Waals surface area contributed by atoms with Gasteiger partial charge in [0.2, 0.25) is 15.9 Å². The van der Waals surface area contributed by atoms with Gasteiger partial charge in [0.15, 0.2) is 0 Å². The van der Waals surface area contributed by atoms with Crippen LogP contribution in [0.5, 0.6) is 0 Å². The van der Waals surface area contributed by atoms with Crippen molar-refractivity contribution < 1.29 is 17.9 Å². The Hall–Kier alpha value is -1.74. The number of hydrogen-bond donors (Lipinski definition) is 0. The Kier molecular flexibility index (Phi) is 6.34. The fourth-order valence-corrected chi connectivity index (χ4v) is 5.71. The van der Waals surface area contributed by atoms with Crippen LogP contribution in [0.4, 0.5) is 0 Å². The van der Waals surface area contributed by atoms with Crippen molar-refractivity contribution in [3.8, 4) is 0 Å². The summed E-state index contributed by atoms with van der Waals surface area (Å²) in [5, 5.41) is 0. The summed E-state index contributed by atoms with van der Waals surface area (Å²) < 4.78 is 32.0. The van der Waals surface area contributed by atoms with Crippen LogP contribution in [0.3, 0.4) is 0 Å². The molecule has 1 atom stereocenters. The zero-order valence-electron chi connectivity index (χ0n) is 16.7. The first-order valence-corrected chi connectivity index (χ1v) is 11.9. The summed E-state index contributed by atoms with van der Waals surface area (Å²) in [4.78, 5) is 17.2. The number of ether oxygens (including phenoxy) is 1. The first kappa shape index (κ1) is 20.5. The predicted molar refractivity (Wildman–Crippen MR) is 111 cm³/mol. The molecule has 1 aromatic rings. The number of rotatable bonds is 5. The van der Waals surface area contributed by atoms with Gasteiger partial charge in [0.25, 0.3) is 0 Å². The van der Waals surface area contributed by atoms with Crippen LogP contribution in [-0.2, 0) is 19.6 Å². The lowest BCUT2D eigenvalue weighted by molar-refractivity contribution is -0.125. The second-order valence-corrected chi connectivity index (χ2v) is 9.83. The highest BCUT2D eigenvalue weighted by Gasteiger charge is 2.30. The molecule has 3 fully saturated rings. The van der Waals surface area contributed by atoms with Crippen LogP contribution in [0, 0.1) is 0 Å². The highest BCUT2D eigenvalue weighted by Crippen LogP contribution is 2.21. The van der Waals surface area contributed by atoms with Gasteiger partial charge in [-0.25, -0.2) is 8.42 Å². The molecule has 0 N–H and O–H groups in total. The fraction of sp³-hybridized carbons (Fsp3) is 0.571. The number of nitrogens with zero attached hydrogens (tertiary/aromatic N) is 3. The predicted octanol–water partition coefficient (Wildman–Crippen LogP) is 1.42. The molecule has 8 heteroatoms. The molecule has 0 spiro atoms. The topological polar surface area (TPSA) is 70.2 Å². The molecule has 0 aliphatic carbocycles. The van der Waals surface area contributed by atoms with Gasteiger partial charge in [-0.3, -0.25) is 9.69 Å². The number of sulfonamides is 1. The number of amides is 1. The van der Waals surface area contributed by atoms with Crippen molar-refractivity contribution in [3.63, 3.8) is 0 Å². The smallest absolute Gasteiger partial charge is 0.246 e. The number of hydrogen-bond acceptors (Lipinski definition) is 5. The minimum absolute atomic E-state index is 0.0247. The van der Waals surface area contributed by atoms with Crippen LogP contribution in [-0.4, -0.2) is 87.0 Å². The lowest BCUT2D eigenvalue weighted by Crippen LogP contribution is -2.40.